The minimum absolute atomic E-state index is 0.397. The van der Waals surface area contributed by atoms with Gasteiger partial charge in [-0.2, -0.15) is 26.7 Å². The molecule has 0 aliphatic rings. The molecule has 0 aromatic carbocycles. The Morgan fingerprint density at radius 2 is 1.81 bits per heavy atom. The van der Waals surface area contributed by atoms with E-state index in [1.165, 1.54) is 0 Å². The van der Waals surface area contributed by atoms with Crippen molar-refractivity contribution in [2.45, 2.75) is 32.7 Å². The van der Waals surface area contributed by atoms with E-state index in [1.807, 2.05) is 37.8 Å². The van der Waals surface area contributed by atoms with Crippen LogP contribution in [0.5, 0.6) is 0 Å². The molecule has 0 amide bonds. The molecule has 0 spiro atoms. The molecule has 0 saturated carbocycles. The fourth-order valence-corrected chi connectivity index (χ4v) is 2.28. The molecule has 21 heavy (non-hydrogen) atoms. The van der Waals surface area contributed by atoms with Gasteiger partial charge in [0.05, 0.1) is 0 Å². The van der Waals surface area contributed by atoms with Gasteiger partial charge in [0.2, 0.25) is 17.8 Å². The Balaban J connectivity index is 2.95. The Hall–Kier alpha value is -1.24. The van der Waals surface area contributed by atoms with E-state index in [0.29, 0.717) is 17.9 Å². The third-order valence-electron chi connectivity index (χ3n) is 3.26. The maximum absolute atomic E-state index is 4.55. The first-order valence-electron chi connectivity index (χ1n) is 7.38. The molecule has 0 fully saturated rings. The predicted octanol–water partition coefficient (Wildman–Crippen LogP) is 2.34. The zero-order valence-corrected chi connectivity index (χ0v) is 14.9. The molecule has 0 bridgehead atoms. The summed E-state index contributed by atoms with van der Waals surface area (Å²) in [5.74, 6) is 3.19. The number of thioether (sulfide) groups is 1. The average Bonchev–Trinajstić information content (AvgIpc) is 2.49. The number of rotatable bonds is 9. The minimum atomic E-state index is 0.397. The third kappa shape index (κ3) is 5.57. The second-order valence-corrected chi connectivity index (χ2v) is 6.31. The van der Waals surface area contributed by atoms with E-state index < -0.39 is 0 Å². The SMILES string of the molecule is CCCNc1nc(N(C)C)nc(N(C)C(C)CCSC)n1. The van der Waals surface area contributed by atoms with Gasteiger partial charge in [-0.25, -0.2) is 0 Å². The molecule has 0 aliphatic carbocycles. The molecule has 1 rings (SSSR count). The summed E-state index contributed by atoms with van der Waals surface area (Å²) in [4.78, 5) is 17.6. The van der Waals surface area contributed by atoms with E-state index >= 15 is 0 Å². The number of aromatic nitrogens is 3. The van der Waals surface area contributed by atoms with E-state index in [0.717, 1.165) is 31.1 Å². The van der Waals surface area contributed by atoms with Crippen LogP contribution >= 0.6 is 11.8 Å². The first-order valence-corrected chi connectivity index (χ1v) is 8.78. The fraction of sp³-hybridized carbons (Fsp3) is 0.786. The number of hydrogen-bond acceptors (Lipinski definition) is 7. The van der Waals surface area contributed by atoms with Crippen molar-refractivity contribution in [3.8, 4) is 0 Å². The van der Waals surface area contributed by atoms with Crippen LogP contribution in [0.1, 0.15) is 26.7 Å². The molecule has 7 heteroatoms. The van der Waals surface area contributed by atoms with Crippen LogP contribution in [0.4, 0.5) is 17.8 Å². The molecular formula is C14H28N6S. The van der Waals surface area contributed by atoms with E-state index in [1.54, 1.807) is 0 Å². The van der Waals surface area contributed by atoms with Gasteiger partial charge in [-0.15, -0.1) is 0 Å². The van der Waals surface area contributed by atoms with Crippen LogP contribution in [0.15, 0.2) is 0 Å². The van der Waals surface area contributed by atoms with Gasteiger partial charge in [-0.1, -0.05) is 6.92 Å². The summed E-state index contributed by atoms with van der Waals surface area (Å²) >= 11 is 1.86. The van der Waals surface area contributed by atoms with Gasteiger partial charge in [0.1, 0.15) is 0 Å². The number of nitrogens with one attached hydrogen (secondary N) is 1. The van der Waals surface area contributed by atoms with Crippen molar-refractivity contribution in [1.29, 1.82) is 0 Å². The van der Waals surface area contributed by atoms with Gasteiger partial charge in [-0.05, 0) is 31.8 Å². The number of hydrogen-bond donors (Lipinski definition) is 1. The normalized spacial score (nSPS) is 12.1. The van der Waals surface area contributed by atoms with Gasteiger partial charge in [-0.3, -0.25) is 0 Å². The maximum Gasteiger partial charge on any atom is 0.231 e. The highest BCUT2D eigenvalue weighted by molar-refractivity contribution is 7.98. The molecule has 0 saturated heterocycles. The van der Waals surface area contributed by atoms with Gasteiger partial charge < -0.3 is 15.1 Å². The van der Waals surface area contributed by atoms with Crippen LogP contribution in [0.25, 0.3) is 0 Å². The summed E-state index contributed by atoms with van der Waals surface area (Å²) in [6.07, 6.45) is 4.28. The van der Waals surface area contributed by atoms with Crippen molar-refractivity contribution in [3.05, 3.63) is 0 Å². The van der Waals surface area contributed by atoms with Gasteiger partial charge >= 0.3 is 0 Å². The lowest BCUT2D eigenvalue weighted by Crippen LogP contribution is -2.32. The zero-order valence-electron chi connectivity index (χ0n) is 14.1. The minimum Gasteiger partial charge on any atom is -0.354 e. The summed E-state index contributed by atoms with van der Waals surface area (Å²) < 4.78 is 0. The molecule has 1 aromatic heterocycles. The molecular weight excluding hydrogens is 284 g/mol. The second kappa shape index (κ2) is 8.92. The van der Waals surface area contributed by atoms with Crippen molar-refractivity contribution in [3.63, 3.8) is 0 Å². The van der Waals surface area contributed by atoms with Crippen LogP contribution in [0, 0.1) is 0 Å². The van der Waals surface area contributed by atoms with Crippen molar-refractivity contribution in [1.82, 2.24) is 15.0 Å². The van der Waals surface area contributed by atoms with Crippen LogP contribution in [-0.4, -0.2) is 60.7 Å². The second-order valence-electron chi connectivity index (χ2n) is 5.32. The van der Waals surface area contributed by atoms with Gasteiger partial charge in [0.25, 0.3) is 0 Å². The molecule has 1 unspecified atom stereocenters. The standard InChI is InChI=1S/C14H28N6S/c1-7-9-15-12-16-13(19(3)4)18-14(17-12)20(5)11(2)8-10-21-6/h11H,7-10H2,1-6H3,(H,15,16,17,18). The highest BCUT2D eigenvalue weighted by Crippen LogP contribution is 2.17. The largest absolute Gasteiger partial charge is 0.354 e. The van der Waals surface area contributed by atoms with Crippen molar-refractivity contribution >= 4 is 29.6 Å². The third-order valence-corrected chi connectivity index (χ3v) is 3.91. The summed E-state index contributed by atoms with van der Waals surface area (Å²) in [6.45, 7) is 5.19. The lowest BCUT2D eigenvalue weighted by molar-refractivity contribution is 0.651. The quantitative estimate of drug-likeness (QED) is 0.751. The number of nitrogens with zero attached hydrogens (tertiary/aromatic N) is 5. The summed E-state index contributed by atoms with van der Waals surface area (Å²) in [5.41, 5.74) is 0. The maximum atomic E-state index is 4.55. The monoisotopic (exact) mass is 312 g/mol. The predicted molar refractivity (Wildman–Crippen MR) is 93.8 cm³/mol. The Bertz CT molecular complexity index is 426. The van der Waals surface area contributed by atoms with Crippen LogP contribution in [0.3, 0.4) is 0 Å². The Labute approximate surface area is 132 Å². The fourth-order valence-electron chi connectivity index (χ4n) is 1.71. The average molecular weight is 312 g/mol. The molecule has 1 aromatic rings. The smallest absolute Gasteiger partial charge is 0.231 e. The van der Waals surface area contributed by atoms with Crippen molar-refractivity contribution in [2.24, 2.45) is 0 Å². The molecule has 1 N–H and O–H groups in total. The van der Waals surface area contributed by atoms with E-state index in [-0.39, 0.29) is 0 Å². The molecule has 1 atom stereocenters. The molecule has 0 aliphatic heterocycles. The van der Waals surface area contributed by atoms with E-state index in [9.17, 15) is 0 Å². The van der Waals surface area contributed by atoms with Gasteiger partial charge in [0, 0.05) is 33.7 Å². The zero-order chi connectivity index (χ0) is 15.8. The lowest BCUT2D eigenvalue weighted by atomic mass is 10.2. The highest BCUT2D eigenvalue weighted by Gasteiger charge is 2.16. The summed E-state index contributed by atoms with van der Waals surface area (Å²) in [5, 5.41) is 3.25. The highest BCUT2D eigenvalue weighted by atomic mass is 32.2. The first-order chi connectivity index (χ1) is 9.99. The molecule has 1 heterocycles. The summed E-state index contributed by atoms with van der Waals surface area (Å²) in [6, 6.07) is 0.397. The summed E-state index contributed by atoms with van der Waals surface area (Å²) in [7, 11) is 5.93. The van der Waals surface area contributed by atoms with Crippen LogP contribution in [-0.2, 0) is 0 Å². The van der Waals surface area contributed by atoms with E-state index in [4.69, 9.17) is 0 Å². The Morgan fingerprint density at radius 1 is 1.14 bits per heavy atom. The van der Waals surface area contributed by atoms with E-state index in [2.05, 4.69) is 45.3 Å². The number of anilines is 3. The first kappa shape index (κ1) is 17.8. The van der Waals surface area contributed by atoms with Gasteiger partial charge in [0.15, 0.2) is 0 Å². The van der Waals surface area contributed by atoms with Crippen molar-refractivity contribution < 1.29 is 0 Å². The molecule has 6 nitrogen and oxygen atoms in total. The topological polar surface area (TPSA) is 57.2 Å². The van der Waals surface area contributed by atoms with Crippen molar-refractivity contribution in [2.75, 3.05) is 54.8 Å². The molecule has 120 valence electrons. The Kier molecular flexibility index (Phi) is 7.56. The molecule has 0 radical (unpaired) electrons. The Morgan fingerprint density at radius 3 is 2.38 bits per heavy atom. The van der Waals surface area contributed by atoms with Crippen LogP contribution < -0.4 is 15.1 Å². The van der Waals surface area contributed by atoms with Crippen LogP contribution in [0.2, 0.25) is 0 Å². The lowest BCUT2D eigenvalue weighted by Gasteiger charge is -2.26.